The van der Waals surface area contributed by atoms with E-state index in [1.807, 2.05) is 19.1 Å². The molecule has 0 saturated carbocycles. The molecule has 0 aliphatic carbocycles. The Morgan fingerprint density at radius 2 is 2.18 bits per heavy atom. The zero-order chi connectivity index (χ0) is 12.3. The number of rotatable bonds is 3. The van der Waals surface area contributed by atoms with Crippen molar-refractivity contribution < 1.29 is 5.11 Å². The Labute approximate surface area is 102 Å². The van der Waals surface area contributed by atoms with Gasteiger partial charge in [0.15, 0.2) is 0 Å². The lowest BCUT2D eigenvalue weighted by Gasteiger charge is -2.35. The van der Waals surface area contributed by atoms with Gasteiger partial charge in [0.05, 0.1) is 5.60 Å². The van der Waals surface area contributed by atoms with Crippen molar-refractivity contribution >= 4 is 5.82 Å². The van der Waals surface area contributed by atoms with E-state index >= 15 is 0 Å². The van der Waals surface area contributed by atoms with Crippen LogP contribution in [-0.4, -0.2) is 28.8 Å². The molecule has 1 aliphatic heterocycles. The van der Waals surface area contributed by atoms with Crippen LogP contribution in [0.3, 0.4) is 0 Å². The number of pyridine rings is 1. The van der Waals surface area contributed by atoms with Gasteiger partial charge in [0.2, 0.25) is 0 Å². The molecule has 17 heavy (non-hydrogen) atoms. The summed E-state index contributed by atoms with van der Waals surface area (Å²) in [6, 6.07) is 5.57. The fourth-order valence-electron chi connectivity index (χ4n) is 2.55. The molecular formula is C13H21N3O. The van der Waals surface area contributed by atoms with Gasteiger partial charge in [-0.1, -0.05) is 6.07 Å². The van der Waals surface area contributed by atoms with Crippen molar-refractivity contribution in [3.8, 4) is 0 Å². The van der Waals surface area contributed by atoms with E-state index in [1.165, 1.54) is 0 Å². The maximum absolute atomic E-state index is 10.6. The Morgan fingerprint density at radius 1 is 1.47 bits per heavy atom. The van der Waals surface area contributed by atoms with Crippen LogP contribution >= 0.6 is 0 Å². The van der Waals surface area contributed by atoms with Crippen LogP contribution in [0.25, 0.3) is 0 Å². The number of nitrogens with two attached hydrogens (primary N) is 1. The van der Waals surface area contributed by atoms with Crippen LogP contribution in [0.5, 0.6) is 0 Å². The van der Waals surface area contributed by atoms with Gasteiger partial charge in [-0.05, 0) is 50.9 Å². The van der Waals surface area contributed by atoms with Gasteiger partial charge >= 0.3 is 0 Å². The first-order valence-corrected chi connectivity index (χ1v) is 6.22. The van der Waals surface area contributed by atoms with Gasteiger partial charge in [0.25, 0.3) is 0 Å². The highest BCUT2D eigenvalue weighted by molar-refractivity contribution is 5.29. The molecule has 4 nitrogen and oxygen atoms in total. The van der Waals surface area contributed by atoms with Crippen LogP contribution < -0.4 is 11.1 Å². The Hall–Kier alpha value is -1.13. The average molecular weight is 235 g/mol. The summed E-state index contributed by atoms with van der Waals surface area (Å²) in [5.74, 6) is 0.857. The van der Waals surface area contributed by atoms with E-state index in [0.29, 0.717) is 18.2 Å². The summed E-state index contributed by atoms with van der Waals surface area (Å²) in [4.78, 5) is 4.26. The molecule has 94 valence electrons. The molecule has 1 aromatic rings. The number of hydrogen-bond acceptors (Lipinski definition) is 4. The molecule has 1 saturated heterocycles. The molecule has 4 N–H and O–H groups in total. The second-order valence-electron chi connectivity index (χ2n) is 5.11. The fraction of sp³-hybridized carbons (Fsp3) is 0.615. The summed E-state index contributed by atoms with van der Waals surface area (Å²) in [7, 11) is 0. The molecule has 1 fully saturated rings. The molecule has 0 amide bonds. The van der Waals surface area contributed by atoms with Crippen LogP contribution in [0.1, 0.15) is 25.5 Å². The first-order valence-electron chi connectivity index (χ1n) is 6.22. The van der Waals surface area contributed by atoms with E-state index in [0.717, 1.165) is 31.6 Å². The molecule has 1 unspecified atom stereocenters. The lowest BCUT2D eigenvalue weighted by atomic mass is 9.79. The number of hydrogen-bond donors (Lipinski definition) is 3. The van der Waals surface area contributed by atoms with Crippen LogP contribution in [0.2, 0.25) is 0 Å². The van der Waals surface area contributed by atoms with Gasteiger partial charge in [-0.15, -0.1) is 0 Å². The van der Waals surface area contributed by atoms with E-state index in [2.05, 4.69) is 10.3 Å². The summed E-state index contributed by atoms with van der Waals surface area (Å²) in [6.07, 6.45) is 2.62. The average Bonchev–Trinajstić information content (AvgIpc) is 2.29. The zero-order valence-electron chi connectivity index (χ0n) is 10.3. The predicted molar refractivity (Wildman–Crippen MR) is 68.6 cm³/mol. The monoisotopic (exact) mass is 235 g/mol. The zero-order valence-corrected chi connectivity index (χ0v) is 10.3. The van der Waals surface area contributed by atoms with Gasteiger partial charge in [-0.3, -0.25) is 0 Å². The van der Waals surface area contributed by atoms with Crippen molar-refractivity contribution in [2.24, 2.45) is 5.92 Å². The number of nitrogens with zero attached hydrogens (tertiary/aromatic N) is 1. The molecule has 4 heteroatoms. The van der Waals surface area contributed by atoms with Crippen molar-refractivity contribution in [2.75, 3.05) is 18.8 Å². The normalized spacial score (nSPS) is 21.1. The Kier molecular flexibility index (Phi) is 3.64. The van der Waals surface area contributed by atoms with E-state index in [-0.39, 0.29) is 0 Å². The Morgan fingerprint density at radius 3 is 2.82 bits per heavy atom. The predicted octanol–water partition coefficient (Wildman–Crippen LogP) is 0.957. The third kappa shape index (κ3) is 3.17. The van der Waals surface area contributed by atoms with Gasteiger partial charge in [-0.25, -0.2) is 4.98 Å². The summed E-state index contributed by atoms with van der Waals surface area (Å²) in [5.41, 5.74) is 5.83. The van der Waals surface area contributed by atoms with Crippen molar-refractivity contribution in [1.29, 1.82) is 0 Å². The van der Waals surface area contributed by atoms with Gasteiger partial charge in [0.1, 0.15) is 5.82 Å². The van der Waals surface area contributed by atoms with Crippen LogP contribution in [-0.2, 0) is 6.42 Å². The molecule has 1 aliphatic rings. The molecule has 0 bridgehead atoms. The van der Waals surface area contributed by atoms with Gasteiger partial charge < -0.3 is 16.2 Å². The SMILES string of the molecule is CC(O)(Cc1cccc(N)n1)C1CCNCC1. The molecule has 0 radical (unpaired) electrons. The van der Waals surface area contributed by atoms with E-state index in [4.69, 9.17) is 5.73 Å². The van der Waals surface area contributed by atoms with Gasteiger partial charge in [0, 0.05) is 12.1 Å². The third-order valence-electron chi connectivity index (χ3n) is 3.59. The first kappa shape index (κ1) is 12.3. The molecule has 0 aromatic carbocycles. The lowest BCUT2D eigenvalue weighted by Crippen LogP contribution is -2.43. The number of aromatic nitrogens is 1. The molecule has 0 spiro atoms. The molecule has 2 heterocycles. The Balaban J connectivity index is 2.05. The van der Waals surface area contributed by atoms with E-state index < -0.39 is 5.60 Å². The van der Waals surface area contributed by atoms with Crippen molar-refractivity contribution in [2.45, 2.75) is 31.8 Å². The Bertz CT molecular complexity index is 373. The van der Waals surface area contributed by atoms with Gasteiger partial charge in [-0.2, -0.15) is 0 Å². The summed E-state index contributed by atoms with van der Waals surface area (Å²) in [5, 5.41) is 13.9. The van der Waals surface area contributed by atoms with Crippen LogP contribution in [0.15, 0.2) is 18.2 Å². The minimum atomic E-state index is -0.692. The maximum Gasteiger partial charge on any atom is 0.123 e. The number of nitrogen functional groups attached to an aromatic ring is 1. The second kappa shape index (κ2) is 5.02. The molecular weight excluding hydrogens is 214 g/mol. The highest BCUT2D eigenvalue weighted by Gasteiger charge is 2.33. The minimum absolute atomic E-state index is 0.340. The van der Waals surface area contributed by atoms with Crippen LogP contribution in [0.4, 0.5) is 5.82 Å². The molecule has 1 atom stereocenters. The molecule has 2 rings (SSSR count). The number of nitrogens with one attached hydrogen (secondary N) is 1. The highest BCUT2D eigenvalue weighted by Crippen LogP contribution is 2.28. The molecule has 1 aromatic heterocycles. The van der Waals surface area contributed by atoms with Crippen LogP contribution in [0, 0.1) is 5.92 Å². The fourth-order valence-corrected chi connectivity index (χ4v) is 2.55. The lowest BCUT2D eigenvalue weighted by molar-refractivity contribution is -0.0138. The summed E-state index contributed by atoms with van der Waals surface area (Å²) >= 11 is 0. The number of aliphatic hydroxyl groups is 1. The van der Waals surface area contributed by atoms with Crippen molar-refractivity contribution in [1.82, 2.24) is 10.3 Å². The highest BCUT2D eigenvalue weighted by atomic mass is 16.3. The second-order valence-corrected chi connectivity index (χ2v) is 5.11. The van der Waals surface area contributed by atoms with E-state index in [1.54, 1.807) is 6.07 Å². The number of piperidine rings is 1. The largest absolute Gasteiger partial charge is 0.389 e. The van der Waals surface area contributed by atoms with E-state index in [9.17, 15) is 5.11 Å². The summed E-state index contributed by atoms with van der Waals surface area (Å²) in [6.45, 7) is 3.89. The first-order chi connectivity index (χ1) is 8.08. The topological polar surface area (TPSA) is 71.2 Å². The number of anilines is 1. The quantitative estimate of drug-likeness (QED) is 0.729. The van der Waals surface area contributed by atoms with Crippen molar-refractivity contribution in [3.63, 3.8) is 0 Å². The standard InChI is InChI=1S/C13H21N3O/c1-13(17,10-5-7-15-8-6-10)9-11-3-2-4-12(14)16-11/h2-4,10,15,17H,5-9H2,1H3,(H2,14,16). The smallest absolute Gasteiger partial charge is 0.123 e. The third-order valence-corrected chi connectivity index (χ3v) is 3.59. The minimum Gasteiger partial charge on any atom is -0.389 e. The summed E-state index contributed by atoms with van der Waals surface area (Å²) < 4.78 is 0. The van der Waals surface area contributed by atoms with Crippen molar-refractivity contribution in [3.05, 3.63) is 23.9 Å². The maximum atomic E-state index is 10.6.